The average molecular weight is 545 g/mol. The molecule has 0 bridgehead atoms. The molecule has 2 rings (SSSR count). The van der Waals surface area contributed by atoms with Gasteiger partial charge >= 0.3 is 6.18 Å². The van der Waals surface area contributed by atoms with E-state index in [1.54, 1.807) is 14.2 Å². The molecule has 0 amide bonds. The molecule has 1 aliphatic rings. The number of nitrogens with zero attached hydrogens (tertiary/aromatic N) is 3. The van der Waals surface area contributed by atoms with Crippen LogP contribution in [0.25, 0.3) is 0 Å². The molecule has 0 aliphatic carbocycles. The minimum Gasteiger partial charge on any atom is -0.385 e. The van der Waals surface area contributed by atoms with Gasteiger partial charge in [0.1, 0.15) is 5.82 Å². The van der Waals surface area contributed by atoms with Crippen LogP contribution in [0.5, 0.6) is 0 Å². The van der Waals surface area contributed by atoms with E-state index in [2.05, 4.69) is 25.5 Å². The smallest absolute Gasteiger partial charge is 0.385 e. The highest BCUT2D eigenvalue weighted by Crippen LogP contribution is 2.33. The van der Waals surface area contributed by atoms with E-state index in [1.807, 2.05) is 0 Å². The summed E-state index contributed by atoms with van der Waals surface area (Å²) in [6.45, 7) is 3.75. The van der Waals surface area contributed by atoms with Crippen molar-refractivity contribution in [2.45, 2.75) is 31.5 Å². The molecule has 1 aromatic heterocycles. The molecule has 0 atom stereocenters. The fourth-order valence-corrected chi connectivity index (χ4v) is 3.15. The summed E-state index contributed by atoms with van der Waals surface area (Å²) in [5, 5.41) is 5.93. The van der Waals surface area contributed by atoms with Crippen LogP contribution in [0.2, 0.25) is 0 Å². The van der Waals surface area contributed by atoms with E-state index in [0.29, 0.717) is 19.8 Å². The van der Waals surface area contributed by atoms with Gasteiger partial charge in [-0.2, -0.15) is 13.2 Å². The zero-order valence-electron chi connectivity index (χ0n) is 17.4. The molecular formula is C19H31F3IN5O2. The van der Waals surface area contributed by atoms with Crippen molar-refractivity contribution in [3.05, 3.63) is 23.9 Å². The fourth-order valence-electron chi connectivity index (χ4n) is 3.15. The first-order valence-corrected chi connectivity index (χ1v) is 9.78. The molecule has 1 aromatic rings. The molecule has 1 saturated heterocycles. The number of pyridine rings is 1. The number of likely N-dealkylation sites (tertiary alicyclic amines) is 1. The Kier molecular flexibility index (Phi) is 12.3. The number of aromatic nitrogens is 1. The number of alkyl halides is 3. The number of piperidine rings is 1. The van der Waals surface area contributed by atoms with Crippen molar-refractivity contribution in [2.24, 2.45) is 4.99 Å². The van der Waals surface area contributed by atoms with Crippen molar-refractivity contribution in [3.63, 3.8) is 0 Å². The lowest BCUT2D eigenvalue weighted by Gasteiger charge is -2.34. The number of hydrogen-bond acceptors (Lipinski definition) is 5. The van der Waals surface area contributed by atoms with E-state index in [-0.39, 0.29) is 42.4 Å². The molecule has 1 fully saturated rings. The SMILES string of the molecule is CN=C(NCCNc1ncccc1C(F)(F)F)N1CCC(OCCCOC)CC1.I. The highest BCUT2D eigenvalue weighted by atomic mass is 127. The maximum atomic E-state index is 13.0. The normalized spacial score (nSPS) is 15.6. The van der Waals surface area contributed by atoms with Gasteiger partial charge in [-0.3, -0.25) is 4.99 Å². The van der Waals surface area contributed by atoms with Crippen LogP contribution in [-0.2, 0) is 15.7 Å². The van der Waals surface area contributed by atoms with Gasteiger partial charge in [0.05, 0.1) is 11.7 Å². The van der Waals surface area contributed by atoms with Crippen LogP contribution in [0.15, 0.2) is 23.3 Å². The molecule has 172 valence electrons. The Morgan fingerprint density at radius 3 is 2.63 bits per heavy atom. The molecule has 7 nitrogen and oxygen atoms in total. The molecule has 0 radical (unpaired) electrons. The quantitative estimate of drug-likeness (QED) is 0.215. The zero-order valence-corrected chi connectivity index (χ0v) is 19.7. The maximum absolute atomic E-state index is 13.0. The van der Waals surface area contributed by atoms with Gasteiger partial charge in [0.2, 0.25) is 0 Å². The number of nitrogens with one attached hydrogen (secondary N) is 2. The summed E-state index contributed by atoms with van der Waals surface area (Å²) in [6, 6.07) is 2.29. The molecule has 0 aromatic carbocycles. The number of halogens is 4. The zero-order chi connectivity index (χ0) is 21.1. The lowest BCUT2D eigenvalue weighted by molar-refractivity contribution is -0.137. The minimum absolute atomic E-state index is 0. The Bertz CT molecular complexity index is 641. The monoisotopic (exact) mass is 545 g/mol. The second-order valence-corrected chi connectivity index (χ2v) is 6.70. The predicted molar refractivity (Wildman–Crippen MR) is 122 cm³/mol. The second kappa shape index (κ2) is 13.9. The van der Waals surface area contributed by atoms with E-state index >= 15 is 0 Å². The molecule has 2 N–H and O–H groups in total. The molecule has 1 aliphatic heterocycles. The van der Waals surface area contributed by atoms with Gasteiger partial charge in [0, 0.05) is 59.7 Å². The number of ether oxygens (including phenoxy) is 2. The fraction of sp³-hybridized carbons (Fsp3) is 0.684. The van der Waals surface area contributed by atoms with Crippen molar-refractivity contribution < 1.29 is 22.6 Å². The summed E-state index contributed by atoms with van der Waals surface area (Å²) in [7, 11) is 3.38. The van der Waals surface area contributed by atoms with E-state index in [1.165, 1.54) is 12.3 Å². The summed E-state index contributed by atoms with van der Waals surface area (Å²) >= 11 is 0. The molecule has 0 spiro atoms. The lowest BCUT2D eigenvalue weighted by Crippen LogP contribution is -2.48. The van der Waals surface area contributed by atoms with Crippen LogP contribution in [0, 0.1) is 0 Å². The van der Waals surface area contributed by atoms with Crippen molar-refractivity contribution in [3.8, 4) is 0 Å². The van der Waals surface area contributed by atoms with E-state index < -0.39 is 11.7 Å². The van der Waals surface area contributed by atoms with Gasteiger partial charge in [-0.15, -0.1) is 24.0 Å². The van der Waals surface area contributed by atoms with Crippen molar-refractivity contribution in [2.75, 3.05) is 58.9 Å². The third-order valence-corrected chi connectivity index (χ3v) is 4.61. The highest BCUT2D eigenvalue weighted by Gasteiger charge is 2.34. The molecule has 11 heteroatoms. The summed E-state index contributed by atoms with van der Waals surface area (Å²) in [5.41, 5.74) is -0.767. The van der Waals surface area contributed by atoms with Gasteiger partial charge in [-0.25, -0.2) is 4.98 Å². The predicted octanol–water partition coefficient (Wildman–Crippen LogP) is 3.22. The van der Waals surface area contributed by atoms with E-state index in [0.717, 1.165) is 44.4 Å². The number of aliphatic imine (C=N–C) groups is 1. The highest BCUT2D eigenvalue weighted by molar-refractivity contribution is 14.0. The number of guanidine groups is 1. The van der Waals surface area contributed by atoms with Gasteiger partial charge in [-0.05, 0) is 31.4 Å². The third kappa shape index (κ3) is 8.80. The number of hydrogen-bond donors (Lipinski definition) is 2. The first-order valence-electron chi connectivity index (χ1n) is 9.78. The minimum atomic E-state index is -4.43. The Morgan fingerprint density at radius 1 is 1.27 bits per heavy atom. The molecule has 2 heterocycles. The van der Waals surface area contributed by atoms with Crippen LogP contribution in [-0.4, -0.2) is 75.5 Å². The van der Waals surface area contributed by atoms with Crippen LogP contribution in [0.4, 0.5) is 19.0 Å². The van der Waals surface area contributed by atoms with Gasteiger partial charge in [-0.1, -0.05) is 0 Å². The number of rotatable bonds is 9. The second-order valence-electron chi connectivity index (χ2n) is 6.70. The third-order valence-electron chi connectivity index (χ3n) is 4.61. The first-order chi connectivity index (χ1) is 14.0. The molecular weight excluding hydrogens is 514 g/mol. The lowest BCUT2D eigenvalue weighted by atomic mass is 10.1. The summed E-state index contributed by atoms with van der Waals surface area (Å²) < 4.78 is 49.9. The van der Waals surface area contributed by atoms with Crippen LogP contribution >= 0.6 is 24.0 Å². The van der Waals surface area contributed by atoms with E-state index in [4.69, 9.17) is 9.47 Å². The molecule has 0 unspecified atom stereocenters. The average Bonchev–Trinajstić information content (AvgIpc) is 2.71. The van der Waals surface area contributed by atoms with E-state index in [9.17, 15) is 13.2 Å². The topological polar surface area (TPSA) is 71.0 Å². The van der Waals surface area contributed by atoms with Gasteiger partial charge in [0.25, 0.3) is 0 Å². The summed E-state index contributed by atoms with van der Waals surface area (Å²) in [4.78, 5) is 10.2. The molecule has 30 heavy (non-hydrogen) atoms. The Balaban J connectivity index is 0.00000450. The summed E-state index contributed by atoms with van der Waals surface area (Å²) in [6.07, 6.45) is -0.141. The number of anilines is 1. The van der Waals surface area contributed by atoms with Crippen molar-refractivity contribution >= 4 is 35.8 Å². The van der Waals surface area contributed by atoms with Gasteiger partial charge < -0.3 is 25.0 Å². The maximum Gasteiger partial charge on any atom is 0.419 e. The Morgan fingerprint density at radius 2 is 2.00 bits per heavy atom. The Hall–Kier alpha value is -1.34. The largest absolute Gasteiger partial charge is 0.419 e. The Labute approximate surface area is 192 Å². The van der Waals surface area contributed by atoms with Crippen LogP contribution in [0.1, 0.15) is 24.8 Å². The standard InChI is InChI=1S/C19H30F3N5O2.HI/c1-23-18(27-11-6-15(7-12-27)29-14-4-13-28-2)26-10-9-25-17-16(19(20,21)22)5-3-8-24-17;/h3,5,8,15H,4,6-7,9-14H2,1-2H3,(H,23,26)(H,24,25);1H. The van der Waals surface area contributed by atoms with Crippen LogP contribution in [0.3, 0.4) is 0 Å². The first kappa shape index (κ1) is 26.7. The van der Waals surface area contributed by atoms with Crippen molar-refractivity contribution in [1.29, 1.82) is 0 Å². The number of methoxy groups -OCH3 is 1. The van der Waals surface area contributed by atoms with Gasteiger partial charge in [0.15, 0.2) is 5.96 Å². The van der Waals surface area contributed by atoms with Crippen molar-refractivity contribution in [1.82, 2.24) is 15.2 Å². The summed E-state index contributed by atoms with van der Waals surface area (Å²) in [5.74, 6) is 0.574. The molecule has 0 saturated carbocycles. The van der Waals surface area contributed by atoms with Crippen LogP contribution < -0.4 is 10.6 Å².